The van der Waals surface area contributed by atoms with Crippen LogP contribution in [0.5, 0.6) is 0 Å². The van der Waals surface area contributed by atoms with E-state index >= 15 is 0 Å². The fourth-order valence-electron chi connectivity index (χ4n) is 1.71. The highest BCUT2D eigenvalue weighted by Crippen LogP contribution is 2.24. The Morgan fingerprint density at radius 3 is 2.63 bits per heavy atom. The molecule has 0 atom stereocenters. The Hall–Kier alpha value is -1.59. The van der Waals surface area contributed by atoms with Crippen molar-refractivity contribution in [2.75, 3.05) is 25.2 Å². The van der Waals surface area contributed by atoms with E-state index in [0.29, 0.717) is 10.7 Å². The van der Waals surface area contributed by atoms with Crippen LogP contribution in [-0.4, -0.2) is 37.2 Å². The molecule has 0 saturated carbocycles. The molecular formula is C13H16ClNO4. The molecule has 1 amide bonds. The van der Waals surface area contributed by atoms with Crippen molar-refractivity contribution in [3.63, 3.8) is 0 Å². The summed E-state index contributed by atoms with van der Waals surface area (Å²) in [6.07, 6.45) is -0.127. The van der Waals surface area contributed by atoms with Gasteiger partial charge in [-0.1, -0.05) is 11.6 Å². The van der Waals surface area contributed by atoms with Crippen molar-refractivity contribution in [1.29, 1.82) is 0 Å². The van der Waals surface area contributed by atoms with Crippen LogP contribution in [0.2, 0.25) is 5.02 Å². The van der Waals surface area contributed by atoms with Gasteiger partial charge in [0.1, 0.15) is 6.61 Å². The van der Waals surface area contributed by atoms with Crippen molar-refractivity contribution < 1.29 is 19.4 Å². The Balaban J connectivity index is 3.00. The van der Waals surface area contributed by atoms with Crippen LogP contribution < -0.4 is 4.90 Å². The molecule has 0 radical (unpaired) electrons. The summed E-state index contributed by atoms with van der Waals surface area (Å²) in [6, 6.07) is 5.09. The second-order valence-electron chi connectivity index (χ2n) is 4.05. The number of amides is 1. The molecule has 0 aliphatic carbocycles. The molecule has 0 bridgehead atoms. The number of aliphatic carboxylic acids is 1. The van der Waals surface area contributed by atoms with Crippen molar-refractivity contribution in [1.82, 2.24) is 0 Å². The van der Waals surface area contributed by atoms with Gasteiger partial charge in [0.25, 0.3) is 5.91 Å². The average Bonchev–Trinajstić information content (AvgIpc) is 2.31. The number of methoxy groups -OCH3 is 1. The van der Waals surface area contributed by atoms with Crippen LogP contribution >= 0.6 is 11.6 Å². The Morgan fingerprint density at radius 1 is 1.42 bits per heavy atom. The van der Waals surface area contributed by atoms with E-state index in [1.807, 2.05) is 6.92 Å². The van der Waals surface area contributed by atoms with Crippen LogP contribution in [0, 0.1) is 6.92 Å². The maximum absolute atomic E-state index is 12.0. The van der Waals surface area contributed by atoms with Crippen molar-refractivity contribution in [3.05, 3.63) is 28.8 Å². The van der Waals surface area contributed by atoms with Gasteiger partial charge in [-0.25, -0.2) is 0 Å². The summed E-state index contributed by atoms with van der Waals surface area (Å²) in [5.74, 6) is -1.24. The van der Waals surface area contributed by atoms with Crippen molar-refractivity contribution in [2.24, 2.45) is 0 Å². The second-order valence-corrected chi connectivity index (χ2v) is 4.49. The monoisotopic (exact) mass is 285 g/mol. The molecule has 0 unspecified atom stereocenters. The van der Waals surface area contributed by atoms with Gasteiger partial charge in [-0.05, 0) is 30.7 Å². The van der Waals surface area contributed by atoms with Gasteiger partial charge in [-0.15, -0.1) is 0 Å². The molecule has 104 valence electrons. The number of nitrogens with zero attached hydrogens (tertiary/aromatic N) is 1. The van der Waals surface area contributed by atoms with E-state index in [2.05, 4.69) is 0 Å². The third kappa shape index (κ3) is 4.54. The van der Waals surface area contributed by atoms with E-state index < -0.39 is 5.97 Å². The van der Waals surface area contributed by atoms with E-state index in [-0.39, 0.29) is 25.5 Å². The van der Waals surface area contributed by atoms with E-state index in [4.69, 9.17) is 21.4 Å². The first-order valence-corrected chi connectivity index (χ1v) is 6.10. The lowest BCUT2D eigenvalue weighted by Gasteiger charge is -2.23. The number of hydrogen-bond donors (Lipinski definition) is 1. The molecule has 5 nitrogen and oxygen atoms in total. The number of carboxylic acids is 1. The molecule has 1 aromatic carbocycles. The van der Waals surface area contributed by atoms with Gasteiger partial charge in [0.15, 0.2) is 0 Å². The van der Waals surface area contributed by atoms with Crippen molar-refractivity contribution in [3.8, 4) is 0 Å². The number of ether oxygens (including phenoxy) is 1. The number of anilines is 1. The maximum Gasteiger partial charge on any atom is 0.305 e. The molecule has 0 aromatic heterocycles. The van der Waals surface area contributed by atoms with E-state index in [0.717, 1.165) is 5.56 Å². The van der Waals surface area contributed by atoms with Gasteiger partial charge < -0.3 is 14.7 Å². The van der Waals surface area contributed by atoms with Crippen molar-refractivity contribution >= 4 is 29.2 Å². The van der Waals surface area contributed by atoms with Crippen LogP contribution in [0.15, 0.2) is 18.2 Å². The van der Waals surface area contributed by atoms with Gasteiger partial charge in [0, 0.05) is 24.4 Å². The largest absolute Gasteiger partial charge is 0.481 e. The summed E-state index contributed by atoms with van der Waals surface area (Å²) < 4.78 is 4.81. The number of halogens is 1. The smallest absolute Gasteiger partial charge is 0.305 e. The van der Waals surface area contributed by atoms with Gasteiger partial charge in [-0.2, -0.15) is 0 Å². The fourth-order valence-corrected chi connectivity index (χ4v) is 1.94. The Labute approximate surface area is 116 Å². The first-order chi connectivity index (χ1) is 8.95. The number of benzene rings is 1. The lowest BCUT2D eigenvalue weighted by molar-refractivity contribution is -0.136. The first-order valence-electron chi connectivity index (χ1n) is 5.73. The maximum atomic E-state index is 12.0. The summed E-state index contributed by atoms with van der Waals surface area (Å²) in [5.41, 5.74) is 1.45. The summed E-state index contributed by atoms with van der Waals surface area (Å²) in [4.78, 5) is 24.0. The van der Waals surface area contributed by atoms with Crippen LogP contribution in [0.3, 0.4) is 0 Å². The van der Waals surface area contributed by atoms with Gasteiger partial charge >= 0.3 is 5.97 Å². The molecule has 0 heterocycles. The average molecular weight is 286 g/mol. The SMILES string of the molecule is COCC(=O)N(CCC(=O)O)c1ccc(Cl)cc1C. The highest BCUT2D eigenvalue weighted by Gasteiger charge is 2.18. The highest BCUT2D eigenvalue weighted by molar-refractivity contribution is 6.30. The van der Waals surface area contributed by atoms with E-state index in [1.54, 1.807) is 18.2 Å². The molecule has 19 heavy (non-hydrogen) atoms. The first kappa shape index (κ1) is 15.5. The number of aryl methyl sites for hydroxylation is 1. The van der Waals surface area contributed by atoms with Gasteiger partial charge in [-0.3, -0.25) is 9.59 Å². The van der Waals surface area contributed by atoms with Crippen LogP contribution in [0.1, 0.15) is 12.0 Å². The van der Waals surface area contributed by atoms with Gasteiger partial charge in [0.2, 0.25) is 0 Å². The predicted molar refractivity (Wildman–Crippen MR) is 72.7 cm³/mol. The molecule has 0 saturated heterocycles. The third-order valence-electron chi connectivity index (χ3n) is 2.57. The summed E-state index contributed by atoms with van der Waals surface area (Å²) in [6.45, 7) is 1.82. The minimum atomic E-state index is -0.957. The lowest BCUT2D eigenvalue weighted by Crippen LogP contribution is -2.36. The number of carboxylic acid groups (broad SMARTS) is 1. The van der Waals surface area contributed by atoms with E-state index in [9.17, 15) is 9.59 Å². The quantitative estimate of drug-likeness (QED) is 0.869. The summed E-state index contributed by atoms with van der Waals surface area (Å²) in [5, 5.41) is 9.31. The highest BCUT2D eigenvalue weighted by atomic mass is 35.5. The molecule has 0 aliphatic rings. The minimum absolute atomic E-state index is 0.0956. The summed E-state index contributed by atoms with van der Waals surface area (Å²) >= 11 is 5.87. The molecule has 0 fully saturated rings. The van der Waals surface area contributed by atoms with Crippen LogP contribution in [0.4, 0.5) is 5.69 Å². The molecule has 1 N–H and O–H groups in total. The van der Waals surface area contributed by atoms with Gasteiger partial charge in [0.05, 0.1) is 6.42 Å². The van der Waals surface area contributed by atoms with E-state index in [1.165, 1.54) is 12.0 Å². The molecule has 0 aliphatic heterocycles. The predicted octanol–water partition coefficient (Wildman–Crippen LogP) is 2.10. The van der Waals surface area contributed by atoms with Crippen LogP contribution in [0.25, 0.3) is 0 Å². The fraction of sp³-hybridized carbons (Fsp3) is 0.385. The number of carbonyl (C=O) groups is 2. The summed E-state index contributed by atoms with van der Waals surface area (Å²) in [7, 11) is 1.42. The number of rotatable bonds is 6. The molecular weight excluding hydrogens is 270 g/mol. The molecule has 6 heteroatoms. The minimum Gasteiger partial charge on any atom is -0.481 e. The number of carbonyl (C=O) groups excluding carboxylic acids is 1. The second kappa shape index (κ2) is 7.11. The zero-order valence-corrected chi connectivity index (χ0v) is 11.6. The molecule has 1 aromatic rings. The standard InChI is InChI=1S/C13H16ClNO4/c1-9-7-10(14)3-4-11(9)15(6-5-13(17)18)12(16)8-19-2/h3-4,7H,5-6,8H2,1-2H3,(H,17,18). The van der Waals surface area contributed by atoms with Crippen molar-refractivity contribution in [2.45, 2.75) is 13.3 Å². The Bertz CT molecular complexity index is 476. The Morgan fingerprint density at radius 2 is 2.11 bits per heavy atom. The zero-order chi connectivity index (χ0) is 14.4. The topological polar surface area (TPSA) is 66.8 Å². The molecule has 1 rings (SSSR count). The Kier molecular flexibility index (Phi) is 5.79. The number of hydrogen-bond acceptors (Lipinski definition) is 3. The third-order valence-corrected chi connectivity index (χ3v) is 2.80. The lowest BCUT2D eigenvalue weighted by atomic mass is 10.1. The van der Waals surface area contributed by atoms with Crippen LogP contribution in [-0.2, 0) is 14.3 Å². The molecule has 0 spiro atoms. The normalized spacial score (nSPS) is 10.3. The zero-order valence-electron chi connectivity index (χ0n) is 10.9.